The zero-order valence-corrected chi connectivity index (χ0v) is 8.18. The van der Waals surface area contributed by atoms with Crippen LogP contribution < -0.4 is 5.73 Å². The normalized spacial score (nSPS) is 21.9. The van der Waals surface area contributed by atoms with Crippen LogP contribution in [0.15, 0.2) is 12.4 Å². The SMILES string of the molecule is CN1CC(Cn2ccnc2N)CC1=O. The number of hydrogen-bond acceptors (Lipinski definition) is 3. The van der Waals surface area contributed by atoms with Crippen LogP contribution in [0.5, 0.6) is 0 Å². The lowest BCUT2D eigenvalue weighted by Crippen LogP contribution is -2.20. The summed E-state index contributed by atoms with van der Waals surface area (Å²) in [6.45, 7) is 1.60. The van der Waals surface area contributed by atoms with Crippen LogP contribution in [0.25, 0.3) is 0 Å². The minimum absolute atomic E-state index is 0.216. The molecule has 0 spiro atoms. The van der Waals surface area contributed by atoms with E-state index in [-0.39, 0.29) is 5.91 Å². The number of imidazole rings is 1. The van der Waals surface area contributed by atoms with Crippen LogP contribution in [-0.4, -0.2) is 34.0 Å². The molecule has 1 aliphatic rings. The number of aromatic nitrogens is 2. The van der Waals surface area contributed by atoms with E-state index in [4.69, 9.17) is 5.73 Å². The van der Waals surface area contributed by atoms with Crippen molar-refractivity contribution in [2.45, 2.75) is 13.0 Å². The maximum absolute atomic E-state index is 11.3. The molecule has 1 unspecified atom stereocenters. The molecule has 0 radical (unpaired) electrons. The van der Waals surface area contributed by atoms with Gasteiger partial charge in [0.1, 0.15) is 0 Å². The Bertz CT molecular complexity index is 346. The summed E-state index contributed by atoms with van der Waals surface area (Å²) in [5.41, 5.74) is 5.64. The van der Waals surface area contributed by atoms with E-state index in [1.807, 2.05) is 17.8 Å². The highest BCUT2D eigenvalue weighted by molar-refractivity contribution is 5.78. The molecule has 5 nitrogen and oxygen atoms in total. The van der Waals surface area contributed by atoms with E-state index >= 15 is 0 Å². The Kier molecular flexibility index (Phi) is 2.15. The second kappa shape index (κ2) is 3.32. The number of nitrogens with two attached hydrogens (primary N) is 1. The van der Waals surface area contributed by atoms with Crippen molar-refractivity contribution in [1.82, 2.24) is 14.5 Å². The molecule has 0 bridgehead atoms. The highest BCUT2D eigenvalue weighted by Gasteiger charge is 2.26. The van der Waals surface area contributed by atoms with Gasteiger partial charge in [0.2, 0.25) is 5.91 Å². The molecule has 0 aromatic carbocycles. The largest absolute Gasteiger partial charge is 0.369 e. The zero-order valence-electron chi connectivity index (χ0n) is 8.18. The first-order chi connectivity index (χ1) is 6.66. The highest BCUT2D eigenvalue weighted by Crippen LogP contribution is 2.18. The lowest BCUT2D eigenvalue weighted by molar-refractivity contribution is -0.126. The van der Waals surface area contributed by atoms with Crippen molar-refractivity contribution in [3.8, 4) is 0 Å². The number of rotatable bonds is 2. The summed E-state index contributed by atoms with van der Waals surface area (Å²) >= 11 is 0. The molecule has 1 fully saturated rings. The number of anilines is 1. The van der Waals surface area contributed by atoms with Crippen LogP contribution in [0.4, 0.5) is 5.95 Å². The Morgan fingerprint density at radius 2 is 2.50 bits per heavy atom. The number of carbonyl (C=O) groups is 1. The molecule has 1 aliphatic heterocycles. The number of carbonyl (C=O) groups excluding carboxylic acids is 1. The lowest BCUT2D eigenvalue weighted by atomic mass is 10.1. The molecule has 0 aliphatic carbocycles. The van der Waals surface area contributed by atoms with Crippen molar-refractivity contribution in [2.75, 3.05) is 19.3 Å². The Hall–Kier alpha value is -1.52. The maximum Gasteiger partial charge on any atom is 0.222 e. The fraction of sp³-hybridized carbons (Fsp3) is 0.556. The number of likely N-dealkylation sites (tertiary alicyclic amines) is 1. The van der Waals surface area contributed by atoms with Crippen LogP contribution >= 0.6 is 0 Å². The Balaban J connectivity index is 2.00. The highest BCUT2D eigenvalue weighted by atomic mass is 16.2. The second-order valence-corrected chi connectivity index (χ2v) is 3.78. The molecule has 1 amide bonds. The second-order valence-electron chi connectivity index (χ2n) is 3.78. The summed E-state index contributed by atoms with van der Waals surface area (Å²) in [4.78, 5) is 17.0. The molecule has 2 N–H and O–H groups in total. The van der Waals surface area contributed by atoms with E-state index in [0.717, 1.165) is 13.1 Å². The number of hydrogen-bond donors (Lipinski definition) is 1. The average Bonchev–Trinajstić information content (AvgIpc) is 2.63. The fourth-order valence-corrected chi connectivity index (χ4v) is 1.85. The molecular weight excluding hydrogens is 180 g/mol. The van der Waals surface area contributed by atoms with Crippen molar-refractivity contribution in [2.24, 2.45) is 5.92 Å². The molecule has 1 atom stereocenters. The minimum atomic E-state index is 0.216. The van der Waals surface area contributed by atoms with Gasteiger partial charge in [-0.2, -0.15) is 0 Å². The maximum atomic E-state index is 11.3. The van der Waals surface area contributed by atoms with Crippen molar-refractivity contribution in [3.05, 3.63) is 12.4 Å². The van der Waals surface area contributed by atoms with Crippen LogP contribution in [0, 0.1) is 5.92 Å². The third-order valence-corrected chi connectivity index (χ3v) is 2.62. The summed E-state index contributed by atoms with van der Waals surface area (Å²) in [5, 5.41) is 0. The van der Waals surface area contributed by atoms with Crippen LogP contribution in [0.3, 0.4) is 0 Å². The Morgan fingerprint density at radius 3 is 3.00 bits per heavy atom. The van der Waals surface area contributed by atoms with Crippen LogP contribution in [0.1, 0.15) is 6.42 Å². The first-order valence-electron chi connectivity index (χ1n) is 4.67. The summed E-state index contributed by atoms with van der Waals surface area (Å²) in [7, 11) is 1.83. The quantitative estimate of drug-likeness (QED) is 0.717. The van der Waals surface area contributed by atoms with E-state index in [9.17, 15) is 4.79 Å². The van der Waals surface area contributed by atoms with Gasteiger partial charge in [0.25, 0.3) is 0 Å². The summed E-state index contributed by atoms with van der Waals surface area (Å²) < 4.78 is 1.89. The van der Waals surface area contributed by atoms with Gasteiger partial charge < -0.3 is 15.2 Å². The van der Waals surface area contributed by atoms with Gasteiger partial charge in [-0.25, -0.2) is 4.98 Å². The number of amides is 1. The first kappa shape index (κ1) is 9.05. The first-order valence-corrected chi connectivity index (χ1v) is 4.67. The van der Waals surface area contributed by atoms with E-state index in [0.29, 0.717) is 18.3 Å². The van der Waals surface area contributed by atoms with Gasteiger partial charge in [0.15, 0.2) is 5.95 Å². The van der Waals surface area contributed by atoms with E-state index in [1.54, 1.807) is 11.1 Å². The van der Waals surface area contributed by atoms with Crippen molar-refractivity contribution >= 4 is 11.9 Å². The molecule has 5 heteroatoms. The smallest absolute Gasteiger partial charge is 0.222 e. The third kappa shape index (κ3) is 1.57. The molecule has 14 heavy (non-hydrogen) atoms. The molecule has 1 saturated heterocycles. The number of nitrogen functional groups attached to an aromatic ring is 1. The fourth-order valence-electron chi connectivity index (χ4n) is 1.85. The molecule has 0 saturated carbocycles. The topological polar surface area (TPSA) is 64.2 Å². The van der Waals surface area contributed by atoms with Crippen LogP contribution in [0.2, 0.25) is 0 Å². The molecule has 1 aromatic rings. The summed E-state index contributed by atoms with van der Waals surface area (Å²) in [6.07, 6.45) is 4.14. The van der Waals surface area contributed by atoms with Gasteiger partial charge in [0.05, 0.1) is 0 Å². The molecular formula is C9H14N4O. The van der Waals surface area contributed by atoms with Gasteiger partial charge in [-0.05, 0) is 0 Å². The zero-order chi connectivity index (χ0) is 10.1. The lowest BCUT2D eigenvalue weighted by Gasteiger charge is -2.11. The van der Waals surface area contributed by atoms with E-state index < -0.39 is 0 Å². The van der Waals surface area contributed by atoms with Gasteiger partial charge in [-0.3, -0.25) is 4.79 Å². The number of nitrogens with zero attached hydrogens (tertiary/aromatic N) is 3. The standard InChI is InChI=1S/C9H14N4O/c1-12-5-7(4-8(12)14)6-13-3-2-11-9(13)10/h2-3,7H,4-6H2,1H3,(H2,10,11). The van der Waals surface area contributed by atoms with Crippen molar-refractivity contribution in [3.63, 3.8) is 0 Å². The molecule has 1 aromatic heterocycles. The summed E-state index contributed by atoms with van der Waals surface area (Å²) in [5.74, 6) is 1.10. The third-order valence-electron chi connectivity index (χ3n) is 2.62. The van der Waals surface area contributed by atoms with Gasteiger partial charge in [0, 0.05) is 44.9 Å². The van der Waals surface area contributed by atoms with Crippen molar-refractivity contribution in [1.29, 1.82) is 0 Å². The predicted octanol–water partition coefficient (Wildman–Crippen LogP) is -0.0564. The van der Waals surface area contributed by atoms with E-state index in [2.05, 4.69) is 4.98 Å². The Labute approximate surface area is 82.5 Å². The van der Waals surface area contributed by atoms with Gasteiger partial charge in [-0.15, -0.1) is 0 Å². The average molecular weight is 194 g/mol. The minimum Gasteiger partial charge on any atom is -0.369 e. The predicted molar refractivity (Wildman–Crippen MR) is 52.4 cm³/mol. The van der Waals surface area contributed by atoms with Gasteiger partial charge >= 0.3 is 0 Å². The van der Waals surface area contributed by atoms with Crippen LogP contribution in [-0.2, 0) is 11.3 Å². The van der Waals surface area contributed by atoms with Crippen molar-refractivity contribution < 1.29 is 4.79 Å². The van der Waals surface area contributed by atoms with Gasteiger partial charge in [-0.1, -0.05) is 0 Å². The molecule has 2 heterocycles. The monoisotopic (exact) mass is 194 g/mol. The Morgan fingerprint density at radius 1 is 1.71 bits per heavy atom. The molecule has 2 rings (SSSR count). The van der Waals surface area contributed by atoms with E-state index in [1.165, 1.54) is 0 Å². The summed E-state index contributed by atoms with van der Waals surface area (Å²) in [6, 6.07) is 0. The molecule has 76 valence electrons.